The number of para-hydroxylation sites is 2. The molecule has 0 amide bonds. The zero-order chi connectivity index (χ0) is 38.5. The highest BCUT2D eigenvalue weighted by atomic mass is 19.4. The van der Waals surface area contributed by atoms with E-state index in [4.69, 9.17) is 0 Å². The lowest BCUT2D eigenvalue weighted by Crippen LogP contribution is -2.12. The van der Waals surface area contributed by atoms with Crippen molar-refractivity contribution in [1.82, 2.24) is 9.13 Å². The molecule has 0 fully saturated rings. The van der Waals surface area contributed by atoms with E-state index in [-0.39, 0.29) is 66.1 Å². The van der Waals surface area contributed by atoms with E-state index < -0.39 is 47.0 Å². The molecule has 0 aliphatic heterocycles. The van der Waals surface area contributed by atoms with E-state index in [2.05, 4.69) is 0 Å². The topological polar surface area (TPSA) is 9.86 Å². The van der Waals surface area contributed by atoms with Gasteiger partial charge in [-0.1, -0.05) is 48.5 Å². The van der Waals surface area contributed by atoms with Crippen molar-refractivity contribution in [2.75, 3.05) is 0 Å². The van der Waals surface area contributed by atoms with Crippen LogP contribution in [0, 0.1) is 0 Å². The molecule has 0 atom stereocenters. The Labute approximate surface area is 296 Å². The molecule has 0 aliphatic carbocycles. The highest BCUT2D eigenvalue weighted by Gasteiger charge is 2.37. The zero-order valence-electron chi connectivity index (χ0n) is 27.0. The largest absolute Gasteiger partial charge is 0.416 e. The van der Waals surface area contributed by atoms with Gasteiger partial charge in [-0.15, -0.1) is 0 Å². The Kier molecular flexibility index (Phi) is 7.67. The second-order valence-electron chi connectivity index (χ2n) is 12.6. The molecular weight excluding hydrogens is 736 g/mol. The maximum absolute atomic E-state index is 15.0. The first-order valence-electron chi connectivity index (χ1n) is 16.0. The van der Waals surface area contributed by atoms with Crippen LogP contribution in [0.15, 0.2) is 121 Å². The van der Waals surface area contributed by atoms with Gasteiger partial charge in [-0.3, -0.25) is 0 Å². The molecule has 0 aliphatic rings. The van der Waals surface area contributed by atoms with Crippen LogP contribution in [-0.4, -0.2) is 9.13 Å². The molecule has 2 nitrogen and oxygen atoms in total. The zero-order valence-corrected chi connectivity index (χ0v) is 27.0. The van der Waals surface area contributed by atoms with Gasteiger partial charge in [0, 0.05) is 27.1 Å². The van der Waals surface area contributed by atoms with Gasteiger partial charge in [0.15, 0.2) is 0 Å². The maximum Gasteiger partial charge on any atom is 0.416 e. The van der Waals surface area contributed by atoms with Crippen molar-refractivity contribution >= 4 is 43.6 Å². The van der Waals surface area contributed by atoms with E-state index in [9.17, 15) is 52.7 Å². The Morgan fingerprint density at radius 2 is 0.704 bits per heavy atom. The minimum Gasteiger partial charge on any atom is -0.309 e. The minimum absolute atomic E-state index is 0.00548. The van der Waals surface area contributed by atoms with Crippen molar-refractivity contribution < 1.29 is 52.7 Å². The van der Waals surface area contributed by atoms with Gasteiger partial charge in [0.1, 0.15) is 0 Å². The standard InChI is InChI=1S/C40H20F12N2/c41-37(42,43)22-7-5-6-21(16-22)36-34(53-30-10-3-1-8-26(30)28-17-23(38(44,45)46)12-14-32(28)53)19-25(40(50,51)52)20-35(36)54-31-11-4-2-9-27(31)29-18-24(39(47,48)49)13-15-33(29)54/h1-20H. The molecule has 54 heavy (non-hydrogen) atoms. The van der Waals surface area contributed by atoms with Crippen LogP contribution in [0.5, 0.6) is 0 Å². The number of hydrogen-bond acceptors (Lipinski definition) is 0. The number of aromatic nitrogens is 2. The summed E-state index contributed by atoms with van der Waals surface area (Å²) in [5, 5.41) is 0.435. The first-order chi connectivity index (χ1) is 25.3. The highest BCUT2D eigenvalue weighted by Crippen LogP contribution is 2.47. The van der Waals surface area contributed by atoms with Gasteiger partial charge >= 0.3 is 24.7 Å². The lowest BCUT2D eigenvalue weighted by molar-refractivity contribution is -0.138. The van der Waals surface area contributed by atoms with Gasteiger partial charge in [0.2, 0.25) is 0 Å². The van der Waals surface area contributed by atoms with Crippen molar-refractivity contribution in [3.63, 3.8) is 0 Å². The first kappa shape index (κ1) is 35.1. The number of alkyl halides is 12. The first-order valence-corrected chi connectivity index (χ1v) is 16.0. The third kappa shape index (κ3) is 5.71. The lowest BCUT2D eigenvalue weighted by Gasteiger charge is -2.23. The van der Waals surface area contributed by atoms with Crippen LogP contribution in [0.2, 0.25) is 0 Å². The van der Waals surface area contributed by atoms with E-state index in [1.807, 2.05) is 0 Å². The van der Waals surface area contributed by atoms with Crippen molar-refractivity contribution in [3.05, 3.63) is 144 Å². The summed E-state index contributed by atoms with van der Waals surface area (Å²) in [5.41, 5.74) is -5.31. The minimum atomic E-state index is -5.08. The van der Waals surface area contributed by atoms with E-state index in [0.29, 0.717) is 12.1 Å². The number of hydrogen-bond donors (Lipinski definition) is 0. The highest BCUT2D eigenvalue weighted by molar-refractivity contribution is 6.12. The van der Waals surface area contributed by atoms with Crippen LogP contribution in [-0.2, 0) is 24.7 Å². The van der Waals surface area contributed by atoms with Gasteiger partial charge in [-0.05, 0) is 78.4 Å². The van der Waals surface area contributed by atoms with Gasteiger partial charge < -0.3 is 9.13 Å². The van der Waals surface area contributed by atoms with E-state index >= 15 is 0 Å². The van der Waals surface area contributed by atoms with Crippen LogP contribution in [0.4, 0.5) is 52.7 Å². The third-order valence-corrected chi connectivity index (χ3v) is 9.38. The summed E-state index contributed by atoms with van der Waals surface area (Å²) < 4.78 is 174. The van der Waals surface area contributed by atoms with Crippen molar-refractivity contribution in [1.29, 1.82) is 0 Å². The molecule has 0 N–H and O–H groups in total. The van der Waals surface area contributed by atoms with Gasteiger partial charge in [0.25, 0.3) is 0 Å². The molecule has 0 saturated heterocycles. The fourth-order valence-electron chi connectivity index (χ4n) is 7.09. The predicted molar refractivity (Wildman–Crippen MR) is 181 cm³/mol. The quantitative estimate of drug-likeness (QED) is 0.159. The Bertz CT molecular complexity index is 2620. The van der Waals surface area contributed by atoms with Crippen LogP contribution in [0.25, 0.3) is 66.1 Å². The predicted octanol–water partition coefficient (Wildman–Crippen LogP) is 13.6. The molecule has 0 unspecified atom stereocenters. The van der Waals surface area contributed by atoms with E-state index in [1.165, 1.54) is 63.7 Å². The lowest BCUT2D eigenvalue weighted by atomic mass is 9.96. The molecule has 0 spiro atoms. The molecule has 14 heteroatoms. The van der Waals surface area contributed by atoms with Crippen LogP contribution >= 0.6 is 0 Å². The molecule has 0 saturated carbocycles. The second-order valence-corrected chi connectivity index (χ2v) is 12.6. The maximum atomic E-state index is 15.0. The summed E-state index contributed by atoms with van der Waals surface area (Å²) in [6.45, 7) is 0. The van der Waals surface area contributed by atoms with Gasteiger partial charge in [0.05, 0.1) is 55.7 Å². The summed E-state index contributed by atoms with van der Waals surface area (Å²) in [6, 6.07) is 22.5. The van der Waals surface area contributed by atoms with Crippen molar-refractivity contribution in [3.8, 4) is 22.5 Å². The molecular formula is C40H20F12N2. The molecule has 6 aromatic carbocycles. The van der Waals surface area contributed by atoms with Gasteiger partial charge in [-0.2, -0.15) is 52.7 Å². The summed E-state index contributed by atoms with van der Waals surface area (Å²) in [7, 11) is 0. The average molecular weight is 757 g/mol. The van der Waals surface area contributed by atoms with E-state index in [1.54, 1.807) is 0 Å². The molecule has 274 valence electrons. The second kappa shape index (κ2) is 11.8. The average Bonchev–Trinajstić information content (AvgIpc) is 3.62. The van der Waals surface area contributed by atoms with Crippen molar-refractivity contribution in [2.45, 2.75) is 24.7 Å². The Hall–Kier alpha value is -5.92. The van der Waals surface area contributed by atoms with E-state index in [0.717, 1.165) is 54.6 Å². The van der Waals surface area contributed by atoms with Crippen molar-refractivity contribution in [2.24, 2.45) is 0 Å². The Morgan fingerprint density at radius 3 is 1.13 bits per heavy atom. The normalized spacial score (nSPS) is 13.2. The SMILES string of the molecule is FC(F)(F)c1cccc(-c2c(-n3c4ccccc4c4cc(C(F)(F)F)ccc43)cc(C(F)(F)F)cc2-n2c3ccccc3c3cc(C(F)(F)F)ccc32)c1. The third-order valence-electron chi connectivity index (χ3n) is 9.38. The number of rotatable bonds is 3. The summed E-state index contributed by atoms with van der Waals surface area (Å²) in [5.74, 6) is 0. The molecule has 2 heterocycles. The van der Waals surface area contributed by atoms with Crippen LogP contribution < -0.4 is 0 Å². The summed E-state index contributed by atoms with van der Waals surface area (Å²) in [6.07, 6.45) is -19.6. The molecule has 8 rings (SSSR count). The summed E-state index contributed by atoms with van der Waals surface area (Å²) >= 11 is 0. The fourth-order valence-corrected chi connectivity index (χ4v) is 7.09. The molecule has 8 aromatic rings. The Morgan fingerprint density at radius 1 is 0.315 bits per heavy atom. The van der Waals surface area contributed by atoms with Crippen LogP contribution in [0.1, 0.15) is 22.3 Å². The Balaban J connectivity index is 1.60. The number of nitrogens with zero attached hydrogens (tertiary/aromatic N) is 2. The number of fused-ring (bicyclic) bond motifs is 6. The molecule has 0 radical (unpaired) electrons. The monoisotopic (exact) mass is 756 g/mol. The molecule has 0 bridgehead atoms. The fraction of sp³-hybridized carbons (Fsp3) is 0.100. The molecule has 2 aromatic heterocycles. The number of benzene rings is 6. The number of halogens is 12. The van der Waals surface area contributed by atoms with Gasteiger partial charge in [-0.25, -0.2) is 0 Å². The van der Waals surface area contributed by atoms with Crippen LogP contribution in [0.3, 0.4) is 0 Å². The summed E-state index contributed by atoms with van der Waals surface area (Å²) in [4.78, 5) is 0. The smallest absolute Gasteiger partial charge is 0.309 e.